The van der Waals surface area contributed by atoms with Crippen LogP contribution in [0.4, 0.5) is 9.59 Å². The van der Waals surface area contributed by atoms with Crippen molar-refractivity contribution in [3.05, 3.63) is 0 Å². The monoisotopic (exact) mass is 418 g/mol. The summed E-state index contributed by atoms with van der Waals surface area (Å²) in [5.41, 5.74) is 0. The molecule has 2 heterocycles. The average molecular weight is 419 g/mol. The van der Waals surface area contributed by atoms with E-state index in [1.54, 1.807) is 0 Å². The standard InChI is InChI=1S/C15H30N4O6Si2/c1-26(2,3)23-8-11-10(25-27(4,5)6)7-12(24-11)19-9-16-13(17-14(19)20)18-15(21)22/h10-12H,7-9H2,1-6H3,(H,21,22)(H2,16,17,18,20). The normalized spacial score (nSPS) is 26.6. The Balaban J connectivity index is 2.06. The van der Waals surface area contributed by atoms with Gasteiger partial charge in [0.1, 0.15) is 12.3 Å². The highest BCUT2D eigenvalue weighted by molar-refractivity contribution is 6.70. The van der Waals surface area contributed by atoms with E-state index in [4.69, 9.17) is 18.7 Å². The number of urea groups is 1. The van der Waals surface area contributed by atoms with E-state index >= 15 is 0 Å². The molecule has 2 aliphatic rings. The van der Waals surface area contributed by atoms with Crippen molar-refractivity contribution in [3.63, 3.8) is 0 Å². The molecule has 0 aromatic rings. The largest absolute Gasteiger partial charge is 0.465 e. The Morgan fingerprint density at radius 2 is 2.00 bits per heavy atom. The Kier molecular flexibility index (Phi) is 6.68. The Morgan fingerprint density at radius 1 is 1.33 bits per heavy atom. The van der Waals surface area contributed by atoms with Gasteiger partial charge < -0.3 is 24.0 Å². The van der Waals surface area contributed by atoms with Gasteiger partial charge in [-0.15, -0.1) is 0 Å². The number of guanidine groups is 1. The number of hydrogen-bond donors (Lipinski definition) is 3. The van der Waals surface area contributed by atoms with Crippen molar-refractivity contribution in [3.8, 4) is 0 Å². The molecule has 0 aliphatic carbocycles. The minimum Gasteiger partial charge on any atom is -0.465 e. The third-order valence-electron chi connectivity index (χ3n) is 3.81. The van der Waals surface area contributed by atoms with Gasteiger partial charge >= 0.3 is 12.1 Å². The van der Waals surface area contributed by atoms with Crippen molar-refractivity contribution in [2.45, 2.75) is 64.1 Å². The predicted molar refractivity (Wildman–Crippen MR) is 105 cm³/mol. The highest BCUT2D eigenvalue weighted by Crippen LogP contribution is 2.29. The fourth-order valence-electron chi connectivity index (χ4n) is 2.78. The van der Waals surface area contributed by atoms with Gasteiger partial charge in [0.15, 0.2) is 16.6 Å². The first-order valence-electron chi connectivity index (χ1n) is 8.94. The molecular formula is C15H30N4O6Si2. The van der Waals surface area contributed by atoms with Gasteiger partial charge in [0, 0.05) is 6.42 Å². The number of aliphatic imine (C=N–C) groups is 1. The molecule has 154 valence electrons. The van der Waals surface area contributed by atoms with Gasteiger partial charge in [-0.1, -0.05) is 0 Å². The van der Waals surface area contributed by atoms with Crippen LogP contribution < -0.4 is 10.6 Å². The van der Waals surface area contributed by atoms with Crippen LogP contribution in [0, 0.1) is 0 Å². The van der Waals surface area contributed by atoms with Gasteiger partial charge in [0.25, 0.3) is 0 Å². The van der Waals surface area contributed by atoms with Gasteiger partial charge in [0.05, 0.1) is 19.4 Å². The zero-order chi connectivity index (χ0) is 20.4. The van der Waals surface area contributed by atoms with Gasteiger partial charge in [-0.25, -0.2) is 9.59 Å². The molecule has 1 saturated heterocycles. The number of rotatable bonds is 6. The molecule has 0 aromatic heterocycles. The lowest BCUT2D eigenvalue weighted by Crippen LogP contribution is -2.54. The summed E-state index contributed by atoms with van der Waals surface area (Å²) in [5.74, 6) is -0.0877. The number of ether oxygens (including phenoxy) is 1. The van der Waals surface area contributed by atoms with E-state index in [1.807, 2.05) is 5.32 Å². The number of carbonyl (C=O) groups is 2. The zero-order valence-corrected chi connectivity index (χ0v) is 18.7. The quantitative estimate of drug-likeness (QED) is 0.562. The first-order chi connectivity index (χ1) is 12.3. The molecule has 0 spiro atoms. The van der Waals surface area contributed by atoms with Crippen LogP contribution in [0.2, 0.25) is 39.3 Å². The van der Waals surface area contributed by atoms with E-state index in [9.17, 15) is 9.59 Å². The van der Waals surface area contributed by atoms with Crippen molar-refractivity contribution in [1.82, 2.24) is 15.5 Å². The second-order valence-corrected chi connectivity index (χ2v) is 17.5. The number of carboxylic acid groups (broad SMARTS) is 1. The number of hydrogen-bond acceptors (Lipinski definition) is 6. The van der Waals surface area contributed by atoms with E-state index in [-0.39, 0.29) is 24.8 Å². The van der Waals surface area contributed by atoms with E-state index in [0.29, 0.717) is 13.0 Å². The summed E-state index contributed by atoms with van der Waals surface area (Å²) in [7, 11) is -3.53. The van der Waals surface area contributed by atoms with Crippen LogP contribution in [-0.2, 0) is 13.6 Å². The topological polar surface area (TPSA) is 122 Å². The number of nitrogens with zero attached hydrogens (tertiary/aromatic N) is 2. The fourth-order valence-corrected chi connectivity index (χ4v) is 4.60. The van der Waals surface area contributed by atoms with E-state index in [2.05, 4.69) is 49.6 Å². The minimum absolute atomic E-state index is 0.0877. The molecule has 3 N–H and O–H groups in total. The smallest absolute Gasteiger partial charge is 0.411 e. The summed E-state index contributed by atoms with van der Waals surface area (Å²) in [6, 6.07) is -0.555. The van der Waals surface area contributed by atoms with Crippen LogP contribution >= 0.6 is 0 Å². The predicted octanol–water partition coefficient (Wildman–Crippen LogP) is 1.78. The third kappa shape index (κ3) is 6.88. The lowest BCUT2D eigenvalue weighted by molar-refractivity contribution is -0.0599. The van der Waals surface area contributed by atoms with Gasteiger partial charge in [-0.3, -0.25) is 10.2 Å². The molecule has 0 radical (unpaired) electrons. The Labute approximate surface area is 161 Å². The molecule has 10 nitrogen and oxygen atoms in total. The van der Waals surface area contributed by atoms with E-state index in [0.717, 1.165) is 0 Å². The molecule has 3 atom stereocenters. The van der Waals surface area contributed by atoms with Crippen LogP contribution in [-0.4, -0.2) is 76.4 Å². The first kappa shape index (κ1) is 21.8. The van der Waals surface area contributed by atoms with Crippen LogP contribution in [0.5, 0.6) is 0 Å². The van der Waals surface area contributed by atoms with Crippen LogP contribution in [0.15, 0.2) is 4.99 Å². The van der Waals surface area contributed by atoms with Gasteiger partial charge in [0.2, 0.25) is 5.96 Å². The second kappa shape index (κ2) is 8.26. The number of carbonyl (C=O) groups excluding carboxylic acids is 1. The summed E-state index contributed by atoms with van der Waals surface area (Å²) >= 11 is 0. The molecule has 0 aromatic carbocycles. The second-order valence-electron chi connectivity index (χ2n) is 8.53. The van der Waals surface area contributed by atoms with E-state index in [1.165, 1.54) is 4.90 Å². The summed E-state index contributed by atoms with van der Waals surface area (Å²) < 4.78 is 18.4. The summed E-state index contributed by atoms with van der Waals surface area (Å²) in [5, 5.41) is 13.5. The van der Waals surface area contributed by atoms with E-state index < -0.39 is 35.0 Å². The lowest BCUT2D eigenvalue weighted by Gasteiger charge is -2.30. The van der Waals surface area contributed by atoms with Crippen LogP contribution in [0.1, 0.15) is 6.42 Å². The van der Waals surface area contributed by atoms with Crippen molar-refractivity contribution in [1.29, 1.82) is 0 Å². The van der Waals surface area contributed by atoms with Gasteiger partial charge in [-0.05, 0) is 39.3 Å². The molecule has 3 unspecified atom stereocenters. The molecule has 2 aliphatic heterocycles. The Hall–Kier alpha value is -1.48. The average Bonchev–Trinajstić information content (AvgIpc) is 2.84. The molecule has 27 heavy (non-hydrogen) atoms. The zero-order valence-electron chi connectivity index (χ0n) is 16.7. The number of nitrogens with one attached hydrogen (secondary N) is 2. The summed E-state index contributed by atoms with van der Waals surface area (Å²) in [6.45, 7) is 13.2. The third-order valence-corrected chi connectivity index (χ3v) is 5.85. The van der Waals surface area contributed by atoms with Crippen LogP contribution in [0.25, 0.3) is 0 Å². The molecule has 0 bridgehead atoms. The summed E-state index contributed by atoms with van der Waals surface area (Å²) in [6.07, 6.45) is -1.69. The first-order valence-corrected chi connectivity index (χ1v) is 15.8. The molecule has 3 amide bonds. The maximum Gasteiger partial charge on any atom is 0.411 e. The van der Waals surface area contributed by atoms with Gasteiger partial charge in [-0.2, -0.15) is 4.99 Å². The van der Waals surface area contributed by atoms with Crippen LogP contribution in [0.3, 0.4) is 0 Å². The van der Waals surface area contributed by atoms with Crippen molar-refractivity contribution in [2.24, 2.45) is 4.99 Å². The molecule has 2 rings (SSSR count). The molecular weight excluding hydrogens is 388 g/mol. The fraction of sp³-hybridized carbons (Fsp3) is 0.800. The Bertz CT molecular complexity index is 604. The highest BCUT2D eigenvalue weighted by atomic mass is 28.4. The number of amides is 3. The maximum absolute atomic E-state index is 12.3. The molecule has 12 heteroatoms. The van der Waals surface area contributed by atoms with Crippen molar-refractivity contribution < 1.29 is 28.3 Å². The minimum atomic E-state index is -1.81. The summed E-state index contributed by atoms with van der Waals surface area (Å²) in [4.78, 5) is 28.2. The Morgan fingerprint density at radius 3 is 2.52 bits per heavy atom. The lowest BCUT2D eigenvalue weighted by atomic mass is 10.2. The molecule has 0 saturated carbocycles. The maximum atomic E-state index is 12.3. The molecule has 1 fully saturated rings. The van der Waals surface area contributed by atoms with Crippen molar-refractivity contribution >= 4 is 34.7 Å². The SMILES string of the molecule is C[Si](C)(C)OCC1OC(N2CNC(NC(=O)O)=NC2=O)CC1O[Si](C)(C)C. The van der Waals surface area contributed by atoms with Crippen molar-refractivity contribution in [2.75, 3.05) is 13.3 Å². The highest BCUT2D eigenvalue weighted by Gasteiger charge is 2.43.